The van der Waals surface area contributed by atoms with Gasteiger partial charge >= 0.3 is 6.03 Å². The number of carbonyl (C=O) groups excluding carboxylic acids is 1. The summed E-state index contributed by atoms with van der Waals surface area (Å²) in [4.78, 5) is 12.3. The normalized spacial score (nSPS) is 10.0. The minimum absolute atomic E-state index is 0.435. The van der Waals surface area contributed by atoms with Crippen LogP contribution in [0.25, 0.3) is 0 Å². The fourth-order valence-electron chi connectivity index (χ4n) is 1.36. The number of ether oxygens (including phenoxy) is 1. The minimum Gasteiger partial charge on any atom is -0.495 e. The van der Waals surface area contributed by atoms with Crippen molar-refractivity contribution >= 4 is 17.6 Å². The number of methoxy groups -OCH3 is 1. The van der Waals surface area contributed by atoms with Gasteiger partial charge in [0.2, 0.25) is 0 Å². The van der Waals surface area contributed by atoms with Crippen molar-refractivity contribution in [2.24, 2.45) is 5.73 Å². The van der Waals surface area contributed by atoms with Crippen molar-refractivity contribution in [1.29, 1.82) is 0 Å². The van der Waals surface area contributed by atoms with Crippen molar-refractivity contribution in [2.45, 2.75) is 13.5 Å². The van der Waals surface area contributed by atoms with Crippen molar-refractivity contribution in [2.75, 3.05) is 14.2 Å². The Morgan fingerprint density at radius 1 is 1.56 bits per heavy atom. The Balaban J connectivity index is 2.98. The van der Waals surface area contributed by atoms with Crippen LogP contribution in [-0.2, 0) is 6.54 Å². The van der Waals surface area contributed by atoms with Crippen LogP contribution in [0.4, 0.5) is 4.79 Å². The maximum atomic E-state index is 10.9. The lowest BCUT2D eigenvalue weighted by Crippen LogP contribution is -2.31. The largest absolute Gasteiger partial charge is 0.495 e. The van der Waals surface area contributed by atoms with Gasteiger partial charge in [0.1, 0.15) is 5.75 Å². The Bertz CT molecular complexity index is 407. The topological polar surface area (TPSA) is 55.6 Å². The van der Waals surface area contributed by atoms with E-state index in [9.17, 15) is 4.79 Å². The van der Waals surface area contributed by atoms with Gasteiger partial charge in [0.15, 0.2) is 0 Å². The predicted molar refractivity (Wildman–Crippen MR) is 63.8 cm³/mol. The van der Waals surface area contributed by atoms with Crippen LogP contribution in [0.2, 0.25) is 5.02 Å². The number of urea groups is 1. The number of primary amides is 1. The molecule has 1 aromatic rings. The number of hydrogen-bond donors (Lipinski definition) is 1. The standard InChI is InChI=1S/C11H15ClN2O2/c1-7-4-10(16-3)9(12)5-8(7)6-14(2)11(13)15/h4-5H,6H2,1-3H3,(H2,13,15). The van der Waals surface area contributed by atoms with Gasteiger partial charge in [-0.3, -0.25) is 0 Å². The average Bonchev–Trinajstić information content (AvgIpc) is 2.22. The molecule has 16 heavy (non-hydrogen) atoms. The first-order chi connectivity index (χ1) is 7.45. The Kier molecular flexibility index (Phi) is 4.01. The second kappa shape index (κ2) is 5.07. The van der Waals surface area contributed by atoms with Crippen molar-refractivity contribution in [1.82, 2.24) is 4.90 Å². The third-order valence-corrected chi connectivity index (χ3v) is 2.69. The number of carbonyl (C=O) groups is 1. The molecule has 4 nitrogen and oxygen atoms in total. The van der Waals surface area contributed by atoms with Crippen molar-refractivity contribution < 1.29 is 9.53 Å². The van der Waals surface area contributed by atoms with E-state index in [0.29, 0.717) is 17.3 Å². The molecule has 0 aliphatic heterocycles. The number of hydrogen-bond acceptors (Lipinski definition) is 2. The van der Waals surface area contributed by atoms with Crippen molar-refractivity contribution in [3.05, 3.63) is 28.3 Å². The molecule has 0 unspecified atom stereocenters. The summed E-state index contributed by atoms with van der Waals surface area (Å²) in [6, 6.07) is 3.16. The second-order valence-electron chi connectivity index (χ2n) is 3.61. The maximum absolute atomic E-state index is 10.9. The molecule has 88 valence electrons. The summed E-state index contributed by atoms with van der Waals surface area (Å²) < 4.78 is 5.10. The monoisotopic (exact) mass is 242 g/mol. The molecule has 5 heteroatoms. The number of rotatable bonds is 3. The lowest BCUT2D eigenvalue weighted by Gasteiger charge is -2.17. The Hall–Kier alpha value is -1.42. The van der Waals surface area contributed by atoms with E-state index in [1.165, 1.54) is 4.90 Å². The molecule has 0 heterocycles. The molecule has 0 aliphatic carbocycles. The van der Waals surface area contributed by atoms with Gasteiger partial charge in [0, 0.05) is 13.6 Å². The zero-order valence-electron chi connectivity index (χ0n) is 9.58. The van der Waals surface area contributed by atoms with E-state index in [0.717, 1.165) is 11.1 Å². The lowest BCUT2D eigenvalue weighted by molar-refractivity contribution is 0.216. The average molecular weight is 243 g/mol. The van der Waals surface area contributed by atoms with Crippen LogP contribution < -0.4 is 10.5 Å². The third-order valence-electron chi connectivity index (χ3n) is 2.39. The summed E-state index contributed by atoms with van der Waals surface area (Å²) >= 11 is 6.00. The minimum atomic E-state index is -0.466. The first kappa shape index (κ1) is 12.6. The number of benzene rings is 1. The zero-order valence-corrected chi connectivity index (χ0v) is 10.3. The van der Waals surface area contributed by atoms with Crippen molar-refractivity contribution in [3.8, 4) is 5.75 Å². The highest BCUT2D eigenvalue weighted by molar-refractivity contribution is 6.32. The molecule has 0 fully saturated rings. The van der Waals surface area contributed by atoms with Gasteiger partial charge in [0.05, 0.1) is 12.1 Å². The molecule has 0 spiro atoms. The van der Waals surface area contributed by atoms with Gasteiger partial charge in [-0.2, -0.15) is 0 Å². The van der Waals surface area contributed by atoms with Crippen molar-refractivity contribution in [3.63, 3.8) is 0 Å². The fourth-order valence-corrected chi connectivity index (χ4v) is 1.62. The van der Waals surface area contributed by atoms with Crippen LogP contribution in [0.5, 0.6) is 5.75 Å². The van der Waals surface area contributed by atoms with Crippen LogP contribution >= 0.6 is 11.6 Å². The molecule has 1 rings (SSSR count). The molecule has 1 aromatic carbocycles. The number of nitrogens with zero attached hydrogens (tertiary/aromatic N) is 1. The maximum Gasteiger partial charge on any atom is 0.314 e. The lowest BCUT2D eigenvalue weighted by atomic mass is 10.1. The van der Waals surface area contributed by atoms with Gasteiger partial charge in [-0.1, -0.05) is 11.6 Å². The predicted octanol–water partition coefficient (Wildman–Crippen LogP) is 2.17. The molecular formula is C11H15ClN2O2. The summed E-state index contributed by atoms with van der Waals surface area (Å²) in [5, 5.41) is 0.529. The highest BCUT2D eigenvalue weighted by Crippen LogP contribution is 2.28. The van der Waals surface area contributed by atoms with Crippen LogP contribution in [0.15, 0.2) is 12.1 Å². The van der Waals surface area contributed by atoms with Crippen LogP contribution in [0.1, 0.15) is 11.1 Å². The van der Waals surface area contributed by atoms with Crippen LogP contribution in [0, 0.1) is 6.92 Å². The van der Waals surface area contributed by atoms with E-state index in [2.05, 4.69) is 0 Å². The highest BCUT2D eigenvalue weighted by Gasteiger charge is 2.10. The van der Waals surface area contributed by atoms with E-state index in [4.69, 9.17) is 22.1 Å². The number of amides is 2. The fraction of sp³-hybridized carbons (Fsp3) is 0.364. The molecule has 2 amide bonds. The molecule has 0 aromatic heterocycles. The second-order valence-corrected chi connectivity index (χ2v) is 4.01. The first-order valence-corrected chi connectivity index (χ1v) is 5.17. The quantitative estimate of drug-likeness (QED) is 0.883. The molecule has 0 bridgehead atoms. The first-order valence-electron chi connectivity index (χ1n) is 4.79. The SMILES string of the molecule is COc1cc(C)c(CN(C)C(N)=O)cc1Cl. The molecule has 0 saturated heterocycles. The summed E-state index contributed by atoms with van der Waals surface area (Å²) in [6.45, 7) is 2.37. The Morgan fingerprint density at radius 2 is 2.19 bits per heavy atom. The van der Waals surface area contributed by atoms with Gasteiger partial charge < -0.3 is 15.4 Å². The Morgan fingerprint density at radius 3 is 2.69 bits per heavy atom. The Labute approximate surface area is 99.9 Å². The molecule has 0 radical (unpaired) electrons. The van der Waals surface area contributed by atoms with Gasteiger partial charge in [-0.15, -0.1) is 0 Å². The number of halogens is 1. The molecule has 0 aliphatic rings. The van der Waals surface area contributed by atoms with E-state index < -0.39 is 6.03 Å². The molecule has 0 atom stereocenters. The smallest absolute Gasteiger partial charge is 0.314 e. The van der Waals surface area contributed by atoms with E-state index in [1.807, 2.05) is 13.0 Å². The highest BCUT2D eigenvalue weighted by atomic mass is 35.5. The zero-order chi connectivity index (χ0) is 12.3. The molecule has 2 N–H and O–H groups in total. The van der Waals surface area contributed by atoms with E-state index >= 15 is 0 Å². The summed E-state index contributed by atoms with van der Waals surface area (Å²) in [7, 11) is 3.20. The van der Waals surface area contributed by atoms with Gasteiger partial charge in [-0.25, -0.2) is 4.79 Å². The number of aryl methyl sites for hydroxylation is 1. The third kappa shape index (κ3) is 2.79. The molecule has 0 saturated carbocycles. The van der Waals surface area contributed by atoms with Crippen LogP contribution in [0.3, 0.4) is 0 Å². The van der Waals surface area contributed by atoms with Gasteiger partial charge in [0.25, 0.3) is 0 Å². The molecular weight excluding hydrogens is 228 g/mol. The van der Waals surface area contributed by atoms with Crippen LogP contribution in [-0.4, -0.2) is 25.1 Å². The van der Waals surface area contributed by atoms with E-state index in [-0.39, 0.29) is 0 Å². The summed E-state index contributed by atoms with van der Waals surface area (Å²) in [6.07, 6.45) is 0. The summed E-state index contributed by atoms with van der Waals surface area (Å²) in [5.74, 6) is 0.629. The van der Waals surface area contributed by atoms with E-state index in [1.54, 1.807) is 20.2 Å². The summed E-state index contributed by atoms with van der Waals surface area (Å²) in [5.41, 5.74) is 7.12. The van der Waals surface area contributed by atoms with Gasteiger partial charge in [-0.05, 0) is 30.2 Å². The number of nitrogens with two attached hydrogens (primary N) is 1.